The van der Waals surface area contributed by atoms with Gasteiger partial charge in [-0.3, -0.25) is 9.59 Å². The van der Waals surface area contributed by atoms with E-state index >= 15 is 0 Å². The fraction of sp³-hybridized carbons (Fsp3) is 0.500. The van der Waals surface area contributed by atoms with Crippen molar-refractivity contribution in [3.63, 3.8) is 0 Å². The first kappa shape index (κ1) is 9.88. The van der Waals surface area contributed by atoms with Gasteiger partial charge in [0.05, 0.1) is 18.4 Å². The Balaban J connectivity index is 4.33. The van der Waals surface area contributed by atoms with Gasteiger partial charge in [-0.1, -0.05) is 0 Å². The van der Waals surface area contributed by atoms with Crippen LogP contribution in [-0.2, 0) is 14.3 Å². The van der Waals surface area contributed by atoms with Crippen molar-refractivity contribution in [2.24, 2.45) is 0 Å². The van der Waals surface area contributed by atoms with Crippen molar-refractivity contribution in [2.75, 3.05) is 6.61 Å². The van der Waals surface area contributed by atoms with Gasteiger partial charge in [-0.2, -0.15) is 0 Å². The van der Waals surface area contributed by atoms with Gasteiger partial charge in [-0.15, -0.1) is 0 Å². The summed E-state index contributed by atoms with van der Waals surface area (Å²) < 4.78 is 4.81. The van der Waals surface area contributed by atoms with Gasteiger partial charge in [0, 0.05) is 0 Å². The number of carbonyl (C=O) groups is 2. The molecule has 0 bridgehead atoms. The number of hydrogen-bond donors (Lipinski definition) is 0. The average Bonchev–Trinajstić information content (AvgIpc) is 1.87. The number of Topliss-reactive ketones (excluding diaryl/α,β-unsaturated/α-hetero) is 2. The maximum Gasteiger partial charge on any atom is 0.166 e. The molecule has 0 radical (unpaired) electrons. The van der Waals surface area contributed by atoms with E-state index in [1.165, 1.54) is 20.1 Å². The first-order valence-electron chi connectivity index (χ1n) is 3.43. The third-order valence-electron chi connectivity index (χ3n) is 1.13. The summed E-state index contributed by atoms with van der Waals surface area (Å²) in [5.41, 5.74) is 0.117. The molecular weight excluding hydrogens is 144 g/mol. The summed E-state index contributed by atoms with van der Waals surface area (Å²) in [6.45, 7) is 4.93. The van der Waals surface area contributed by atoms with Crippen molar-refractivity contribution < 1.29 is 14.3 Å². The Morgan fingerprint density at radius 1 is 1.27 bits per heavy atom. The molecule has 0 N–H and O–H groups in total. The zero-order valence-corrected chi connectivity index (χ0v) is 7.01. The summed E-state index contributed by atoms with van der Waals surface area (Å²) in [5, 5.41) is 0. The SMILES string of the molecule is CCOC=C(C(C)=O)C(C)=O. The van der Waals surface area contributed by atoms with E-state index in [0.717, 1.165) is 0 Å². The molecule has 0 amide bonds. The van der Waals surface area contributed by atoms with Crippen LogP contribution < -0.4 is 0 Å². The second-order valence-electron chi connectivity index (χ2n) is 2.10. The highest BCUT2D eigenvalue weighted by molar-refractivity contribution is 6.18. The summed E-state index contributed by atoms with van der Waals surface area (Å²) in [5.74, 6) is -0.517. The molecule has 0 saturated carbocycles. The number of carbonyl (C=O) groups excluding carboxylic acids is 2. The van der Waals surface area contributed by atoms with Crippen molar-refractivity contribution >= 4 is 11.6 Å². The number of ether oxygens (including phenoxy) is 1. The molecule has 0 aliphatic carbocycles. The Hall–Kier alpha value is -1.12. The van der Waals surface area contributed by atoms with Gasteiger partial charge in [0.1, 0.15) is 0 Å². The van der Waals surface area contributed by atoms with Crippen LogP contribution in [0.2, 0.25) is 0 Å². The highest BCUT2D eigenvalue weighted by Gasteiger charge is 2.08. The van der Waals surface area contributed by atoms with Gasteiger partial charge in [-0.25, -0.2) is 0 Å². The van der Waals surface area contributed by atoms with E-state index in [1.807, 2.05) is 0 Å². The fourth-order valence-electron chi connectivity index (χ4n) is 0.581. The number of rotatable bonds is 4. The van der Waals surface area contributed by atoms with Crippen LogP contribution in [0.4, 0.5) is 0 Å². The van der Waals surface area contributed by atoms with E-state index in [-0.39, 0.29) is 17.1 Å². The van der Waals surface area contributed by atoms with Crippen LogP contribution in [0.25, 0.3) is 0 Å². The maximum absolute atomic E-state index is 10.7. The van der Waals surface area contributed by atoms with Crippen molar-refractivity contribution in [1.82, 2.24) is 0 Å². The summed E-state index contributed by atoms with van der Waals surface area (Å²) in [4.78, 5) is 21.4. The first-order valence-corrected chi connectivity index (χ1v) is 3.43. The van der Waals surface area contributed by atoms with Gasteiger partial charge >= 0.3 is 0 Å². The topological polar surface area (TPSA) is 43.4 Å². The average molecular weight is 156 g/mol. The molecule has 0 aromatic heterocycles. The van der Waals surface area contributed by atoms with Gasteiger partial charge in [0.2, 0.25) is 0 Å². The Labute approximate surface area is 66.0 Å². The maximum atomic E-state index is 10.7. The molecule has 0 saturated heterocycles. The van der Waals surface area contributed by atoms with Crippen LogP contribution in [0.1, 0.15) is 20.8 Å². The molecule has 0 aromatic rings. The van der Waals surface area contributed by atoms with E-state index < -0.39 is 0 Å². The lowest BCUT2D eigenvalue weighted by molar-refractivity contribution is -0.119. The lowest BCUT2D eigenvalue weighted by Gasteiger charge is -1.97. The van der Waals surface area contributed by atoms with Crippen LogP contribution in [0.5, 0.6) is 0 Å². The molecule has 62 valence electrons. The fourth-order valence-corrected chi connectivity index (χ4v) is 0.581. The van der Waals surface area contributed by atoms with E-state index in [0.29, 0.717) is 6.61 Å². The Bertz CT molecular complexity index is 176. The molecule has 0 aliphatic heterocycles. The second-order valence-corrected chi connectivity index (χ2v) is 2.10. The number of ketones is 2. The number of hydrogen-bond acceptors (Lipinski definition) is 3. The molecule has 0 aromatic carbocycles. The van der Waals surface area contributed by atoms with Crippen molar-refractivity contribution in [3.05, 3.63) is 11.8 Å². The molecule has 3 nitrogen and oxygen atoms in total. The summed E-state index contributed by atoms with van der Waals surface area (Å²) in [6, 6.07) is 0. The van der Waals surface area contributed by atoms with E-state index in [9.17, 15) is 9.59 Å². The normalized spacial score (nSPS) is 8.64. The molecule has 0 fully saturated rings. The zero-order chi connectivity index (χ0) is 8.85. The van der Waals surface area contributed by atoms with Crippen LogP contribution >= 0.6 is 0 Å². The van der Waals surface area contributed by atoms with E-state index in [4.69, 9.17) is 4.74 Å². The van der Waals surface area contributed by atoms with Crippen molar-refractivity contribution in [2.45, 2.75) is 20.8 Å². The third kappa shape index (κ3) is 3.55. The molecule has 0 unspecified atom stereocenters. The molecule has 0 spiro atoms. The predicted octanol–water partition coefficient (Wildman–Crippen LogP) is 1.08. The van der Waals surface area contributed by atoms with Crippen LogP contribution in [0.3, 0.4) is 0 Å². The second kappa shape index (κ2) is 4.66. The molecule has 0 atom stereocenters. The highest BCUT2D eigenvalue weighted by Crippen LogP contribution is 1.98. The van der Waals surface area contributed by atoms with Crippen molar-refractivity contribution in [1.29, 1.82) is 0 Å². The molecule has 0 heterocycles. The van der Waals surface area contributed by atoms with Crippen LogP contribution in [0, 0.1) is 0 Å². The Morgan fingerprint density at radius 2 is 1.73 bits per heavy atom. The van der Waals surface area contributed by atoms with Crippen LogP contribution in [-0.4, -0.2) is 18.2 Å². The summed E-state index contributed by atoms with van der Waals surface area (Å²) >= 11 is 0. The lowest BCUT2D eigenvalue weighted by atomic mass is 10.1. The third-order valence-corrected chi connectivity index (χ3v) is 1.13. The smallest absolute Gasteiger partial charge is 0.166 e. The first-order chi connectivity index (χ1) is 5.09. The molecule has 0 aliphatic rings. The Kier molecular flexibility index (Phi) is 4.18. The minimum Gasteiger partial charge on any atom is -0.501 e. The van der Waals surface area contributed by atoms with Crippen LogP contribution in [0.15, 0.2) is 11.8 Å². The molecular formula is C8H12O3. The minimum atomic E-state index is -0.258. The Morgan fingerprint density at radius 3 is 2.00 bits per heavy atom. The van der Waals surface area contributed by atoms with E-state index in [1.54, 1.807) is 6.92 Å². The summed E-state index contributed by atoms with van der Waals surface area (Å²) in [7, 11) is 0. The van der Waals surface area contributed by atoms with Gasteiger partial charge in [0.15, 0.2) is 11.6 Å². The van der Waals surface area contributed by atoms with E-state index in [2.05, 4.69) is 0 Å². The number of allylic oxidation sites excluding steroid dienone is 1. The monoisotopic (exact) mass is 156 g/mol. The largest absolute Gasteiger partial charge is 0.501 e. The quantitative estimate of drug-likeness (QED) is 0.265. The molecule has 0 rings (SSSR count). The minimum absolute atomic E-state index is 0.117. The molecule has 3 heteroatoms. The van der Waals surface area contributed by atoms with Gasteiger partial charge in [0.25, 0.3) is 0 Å². The van der Waals surface area contributed by atoms with Crippen molar-refractivity contribution in [3.8, 4) is 0 Å². The highest BCUT2D eigenvalue weighted by atomic mass is 16.5. The standard InChI is InChI=1S/C8H12O3/c1-4-11-5-8(6(2)9)7(3)10/h5H,4H2,1-3H3. The predicted molar refractivity (Wildman–Crippen MR) is 41.1 cm³/mol. The summed E-state index contributed by atoms with van der Waals surface area (Å²) in [6.07, 6.45) is 1.21. The lowest BCUT2D eigenvalue weighted by Crippen LogP contribution is -2.06. The molecule has 11 heavy (non-hydrogen) atoms. The van der Waals surface area contributed by atoms with Gasteiger partial charge < -0.3 is 4.74 Å². The zero-order valence-electron chi connectivity index (χ0n) is 7.01. The van der Waals surface area contributed by atoms with Gasteiger partial charge in [-0.05, 0) is 20.8 Å².